The van der Waals surface area contributed by atoms with Gasteiger partial charge in [0.05, 0.1) is 4.90 Å². The first-order chi connectivity index (χ1) is 10.1. The predicted molar refractivity (Wildman–Crippen MR) is 83.7 cm³/mol. The largest absolute Gasteiger partial charge is 0.263 e. The van der Waals surface area contributed by atoms with Gasteiger partial charge < -0.3 is 0 Å². The molecular formula is C16H14N2O2S. The number of aromatic nitrogens is 1. The van der Waals surface area contributed by atoms with Crippen LogP contribution < -0.4 is 4.72 Å². The van der Waals surface area contributed by atoms with E-state index in [0.29, 0.717) is 11.2 Å². The van der Waals surface area contributed by atoms with Crippen molar-refractivity contribution in [2.75, 3.05) is 4.72 Å². The molecule has 0 radical (unpaired) electrons. The molecule has 0 aliphatic carbocycles. The average molecular weight is 298 g/mol. The number of anilines is 1. The predicted octanol–water partition coefficient (Wildman–Crippen LogP) is 3.34. The number of fused-ring (bicyclic) bond motifs is 1. The second-order valence-electron chi connectivity index (χ2n) is 4.75. The van der Waals surface area contributed by atoms with Gasteiger partial charge in [-0.2, -0.15) is 0 Å². The van der Waals surface area contributed by atoms with Crippen molar-refractivity contribution in [3.63, 3.8) is 0 Å². The molecular weight excluding hydrogens is 284 g/mol. The highest BCUT2D eigenvalue weighted by atomic mass is 32.2. The number of hydrogen-bond acceptors (Lipinski definition) is 3. The topological polar surface area (TPSA) is 59.1 Å². The van der Waals surface area contributed by atoms with Gasteiger partial charge in [0.25, 0.3) is 10.0 Å². The molecule has 4 nitrogen and oxygen atoms in total. The van der Waals surface area contributed by atoms with Crippen LogP contribution in [0.2, 0.25) is 0 Å². The summed E-state index contributed by atoms with van der Waals surface area (Å²) in [5.74, 6) is 0.352. The molecule has 0 bridgehead atoms. The van der Waals surface area contributed by atoms with Gasteiger partial charge in [-0.25, -0.2) is 13.4 Å². The summed E-state index contributed by atoms with van der Waals surface area (Å²) in [6.45, 7) is 1.81. The fourth-order valence-corrected chi connectivity index (χ4v) is 3.52. The van der Waals surface area contributed by atoms with Crippen molar-refractivity contribution in [1.29, 1.82) is 0 Å². The molecule has 5 heteroatoms. The van der Waals surface area contributed by atoms with Crippen LogP contribution in [0.15, 0.2) is 65.7 Å². The van der Waals surface area contributed by atoms with E-state index in [1.165, 1.54) is 0 Å². The van der Waals surface area contributed by atoms with Crippen LogP contribution in [-0.4, -0.2) is 13.4 Å². The van der Waals surface area contributed by atoms with Crippen LogP contribution in [0.4, 0.5) is 5.82 Å². The molecule has 0 aliphatic heterocycles. The second kappa shape index (κ2) is 5.18. The summed E-state index contributed by atoms with van der Waals surface area (Å²) in [5.41, 5.74) is 0.779. The minimum absolute atomic E-state index is 0.255. The fourth-order valence-electron chi connectivity index (χ4n) is 2.20. The molecule has 2 aromatic carbocycles. The molecule has 0 aliphatic rings. The molecule has 21 heavy (non-hydrogen) atoms. The lowest BCUT2D eigenvalue weighted by atomic mass is 10.1. The minimum Gasteiger partial charge on any atom is -0.263 e. The van der Waals surface area contributed by atoms with Crippen molar-refractivity contribution in [2.45, 2.75) is 11.8 Å². The van der Waals surface area contributed by atoms with Crippen molar-refractivity contribution in [1.82, 2.24) is 4.98 Å². The first-order valence-electron chi connectivity index (χ1n) is 6.50. The maximum Gasteiger partial charge on any atom is 0.263 e. The van der Waals surface area contributed by atoms with E-state index in [-0.39, 0.29) is 4.90 Å². The number of nitrogens with one attached hydrogen (secondary N) is 1. The summed E-state index contributed by atoms with van der Waals surface area (Å²) in [6, 6.07) is 16.2. The number of nitrogens with zero attached hydrogens (tertiary/aromatic N) is 1. The Morgan fingerprint density at radius 3 is 2.52 bits per heavy atom. The lowest BCUT2D eigenvalue weighted by Gasteiger charge is -2.11. The molecule has 0 saturated heterocycles. The number of pyridine rings is 1. The Hall–Kier alpha value is -2.40. The van der Waals surface area contributed by atoms with Crippen LogP contribution in [0.3, 0.4) is 0 Å². The molecule has 0 atom stereocenters. The van der Waals surface area contributed by atoms with Gasteiger partial charge in [0.2, 0.25) is 0 Å². The van der Waals surface area contributed by atoms with E-state index in [1.807, 2.05) is 37.3 Å². The summed E-state index contributed by atoms with van der Waals surface area (Å²) >= 11 is 0. The van der Waals surface area contributed by atoms with Gasteiger partial charge in [-0.15, -0.1) is 0 Å². The summed E-state index contributed by atoms with van der Waals surface area (Å²) in [5, 5.41) is 1.58. The van der Waals surface area contributed by atoms with E-state index in [1.54, 1.807) is 30.5 Å². The van der Waals surface area contributed by atoms with Gasteiger partial charge in [-0.05, 0) is 30.0 Å². The molecule has 106 valence electrons. The van der Waals surface area contributed by atoms with Crippen molar-refractivity contribution < 1.29 is 8.42 Å². The first kappa shape index (κ1) is 13.6. The number of aryl methyl sites for hydroxylation is 1. The molecule has 1 heterocycles. The van der Waals surface area contributed by atoms with Crippen LogP contribution >= 0.6 is 0 Å². The normalized spacial score (nSPS) is 11.5. The zero-order valence-electron chi connectivity index (χ0n) is 11.4. The molecule has 1 N–H and O–H groups in total. The fraction of sp³-hybridized carbons (Fsp3) is 0.0625. The van der Waals surface area contributed by atoms with Crippen molar-refractivity contribution in [3.8, 4) is 0 Å². The minimum atomic E-state index is -3.67. The number of sulfonamides is 1. The van der Waals surface area contributed by atoms with Crippen LogP contribution in [0.25, 0.3) is 10.8 Å². The molecule has 3 aromatic rings. The smallest absolute Gasteiger partial charge is 0.263 e. The van der Waals surface area contributed by atoms with Crippen molar-refractivity contribution >= 4 is 26.6 Å². The van der Waals surface area contributed by atoms with E-state index in [9.17, 15) is 8.42 Å². The third-order valence-corrected chi connectivity index (χ3v) is 4.68. The third kappa shape index (κ3) is 2.60. The van der Waals surface area contributed by atoms with E-state index < -0.39 is 10.0 Å². The van der Waals surface area contributed by atoms with Crippen LogP contribution in [0.1, 0.15) is 5.56 Å². The van der Waals surface area contributed by atoms with Crippen LogP contribution in [0, 0.1) is 6.92 Å². The summed E-state index contributed by atoms with van der Waals surface area (Å²) in [7, 11) is -3.67. The Morgan fingerprint density at radius 2 is 1.71 bits per heavy atom. The van der Waals surface area contributed by atoms with Gasteiger partial charge in [-0.3, -0.25) is 4.72 Å². The van der Waals surface area contributed by atoms with Crippen LogP contribution in [0.5, 0.6) is 0 Å². The van der Waals surface area contributed by atoms with E-state index in [0.717, 1.165) is 10.9 Å². The molecule has 0 saturated carbocycles. The van der Waals surface area contributed by atoms with Gasteiger partial charge in [-0.1, -0.05) is 42.5 Å². The highest BCUT2D eigenvalue weighted by Crippen LogP contribution is 2.25. The lowest BCUT2D eigenvalue weighted by molar-refractivity contribution is 0.602. The van der Waals surface area contributed by atoms with Crippen LogP contribution in [-0.2, 0) is 10.0 Å². The molecule has 0 fully saturated rings. The second-order valence-corrected chi connectivity index (χ2v) is 6.40. The standard InChI is InChI=1S/C16H14N2O2S/c1-12-6-5-11-17-16(12)18-21(19,20)15-10-4-8-13-7-2-3-9-14(13)15/h2-11H,1H3,(H,17,18). The number of hydrogen-bond donors (Lipinski definition) is 1. The average Bonchev–Trinajstić information content (AvgIpc) is 2.49. The Morgan fingerprint density at radius 1 is 0.952 bits per heavy atom. The number of rotatable bonds is 3. The van der Waals surface area contributed by atoms with Gasteiger partial charge >= 0.3 is 0 Å². The molecule has 3 rings (SSSR count). The van der Waals surface area contributed by atoms with E-state index in [4.69, 9.17) is 0 Å². The lowest BCUT2D eigenvalue weighted by Crippen LogP contribution is -2.15. The highest BCUT2D eigenvalue weighted by Gasteiger charge is 2.18. The Bertz CT molecular complexity index is 900. The number of benzene rings is 2. The van der Waals surface area contributed by atoms with E-state index >= 15 is 0 Å². The Balaban J connectivity index is 2.11. The Kier molecular flexibility index (Phi) is 3.35. The molecule has 0 spiro atoms. The van der Waals surface area contributed by atoms with Gasteiger partial charge in [0, 0.05) is 11.6 Å². The van der Waals surface area contributed by atoms with Gasteiger partial charge in [0.1, 0.15) is 5.82 Å². The van der Waals surface area contributed by atoms with E-state index in [2.05, 4.69) is 9.71 Å². The third-order valence-electron chi connectivity index (χ3n) is 3.28. The maximum absolute atomic E-state index is 12.6. The zero-order chi connectivity index (χ0) is 14.9. The van der Waals surface area contributed by atoms with Crippen molar-refractivity contribution in [2.24, 2.45) is 0 Å². The molecule has 0 unspecified atom stereocenters. The summed E-state index contributed by atoms with van der Waals surface area (Å²) < 4.78 is 27.8. The SMILES string of the molecule is Cc1cccnc1NS(=O)(=O)c1cccc2ccccc12. The maximum atomic E-state index is 12.6. The Labute approximate surface area is 123 Å². The molecule has 0 amide bonds. The summed E-state index contributed by atoms with van der Waals surface area (Å²) in [4.78, 5) is 4.33. The first-order valence-corrected chi connectivity index (χ1v) is 7.98. The van der Waals surface area contributed by atoms with Gasteiger partial charge in [0.15, 0.2) is 0 Å². The monoisotopic (exact) mass is 298 g/mol. The molecule has 1 aromatic heterocycles. The zero-order valence-corrected chi connectivity index (χ0v) is 12.3. The van der Waals surface area contributed by atoms with Crippen molar-refractivity contribution in [3.05, 3.63) is 66.4 Å². The summed E-state index contributed by atoms with van der Waals surface area (Å²) in [6.07, 6.45) is 1.56. The highest BCUT2D eigenvalue weighted by molar-refractivity contribution is 7.93. The quantitative estimate of drug-likeness (QED) is 0.806.